The average Bonchev–Trinajstić information content (AvgIpc) is 2.42. The van der Waals surface area contributed by atoms with E-state index in [1.807, 2.05) is 24.3 Å². The van der Waals surface area contributed by atoms with Gasteiger partial charge in [0.25, 0.3) is 0 Å². The first-order valence-corrected chi connectivity index (χ1v) is 6.07. The summed E-state index contributed by atoms with van der Waals surface area (Å²) >= 11 is 3.37. The highest BCUT2D eigenvalue weighted by atomic mass is 79.9. The molecule has 0 saturated heterocycles. The fraction of sp³-hybridized carbons (Fsp3) is 0. The lowest BCUT2D eigenvalue weighted by Gasteiger charge is -1.96. The zero-order valence-electron chi connectivity index (χ0n) is 9.49. The molecule has 1 heterocycles. The molecule has 1 aromatic carbocycles. The number of pyridine rings is 1. The van der Waals surface area contributed by atoms with Gasteiger partial charge in [-0.25, -0.2) is 0 Å². The summed E-state index contributed by atoms with van der Waals surface area (Å²) in [6, 6.07) is 11.3. The molecule has 4 nitrogen and oxygen atoms in total. The van der Waals surface area contributed by atoms with E-state index in [1.54, 1.807) is 30.7 Å². The Balaban J connectivity index is 2.08. The van der Waals surface area contributed by atoms with Gasteiger partial charge in [0.2, 0.25) is 0 Å². The predicted octanol–water partition coefficient (Wildman–Crippen LogP) is 2.58. The number of benzene rings is 1. The number of hydrogen-bond acceptors (Lipinski definition) is 3. The van der Waals surface area contributed by atoms with Crippen molar-refractivity contribution in [3.8, 4) is 0 Å². The molecule has 2 N–H and O–H groups in total. The Labute approximate surface area is 113 Å². The molecular weight excluding hydrogens is 292 g/mol. The maximum absolute atomic E-state index is 5.78. The van der Waals surface area contributed by atoms with Crippen molar-refractivity contribution < 1.29 is 0 Å². The van der Waals surface area contributed by atoms with Crippen molar-refractivity contribution >= 4 is 28.0 Å². The summed E-state index contributed by atoms with van der Waals surface area (Å²) in [5.41, 5.74) is 7.55. The monoisotopic (exact) mass is 302 g/mol. The van der Waals surface area contributed by atoms with E-state index in [-0.39, 0.29) is 0 Å². The van der Waals surface area contributed by atoms with Crippen LogP contribution in [0.5, 0.6) is 0 Å². The van der Waals surface area contributed by atoms with E-state index in [0.717, 1.165) is 15.6 Å². The maximum Gasteiger partial charge on any atom is 0.153 e. The first kappa shape index (κ1) is 12.4. The van der Waals surface area contributed by atoms with Gasteiger partial charge in [-0.05, 0) is 29.8 Å². The van der Waals surface area contributed by atoms with Crippen LogP contribution >= 0.6 is 15.9 Å². The molecule has 1 aromatic heterocycles. The molecule has 2 aromatic rings. The van der Waals surface area contributed by atoms with E-state index >= 15 is 0 Å². The normalized spacial score (nSPS) is 11.9. The van der Waals surface area contributed by atoms with Gasteiger partial charge in [0, 0.05) is 22.4 Å². The highest BCUT2D eigenvalue weighted by Gasteiger charge is 1.95. The van der Waals surface area contributed by atoms with E-state index in [4.69, 9.17) is 5.73 Å². The Morgan fingerprint density at radius 1 is 1.11 bits per heavy atom. The summed E-state index contributed by atoms with van der Waals surface area (Å²) in [7, 11) is 0. The Bertz CT molecular complexity index is 561. The van der Waals surface area contributed by atoms with Crippen LogP contribution in [0.3, 0.4) is 0 Å². The van der Waals surface area contributed by atoms with Crippen molar-refractivity contribution in [2.45, 2.75) is 0 Å². The predicted molar refractivity (Wildman–Crippen MR) is 76.7 cm³/mol. The van der Waals surface area contributed by atoms with E-state index in [1.165, 1.54) is 0 Å². The molecule has 90 valence electrons. The smallest absolute Gasteiger partial charge is 0.153 e. The number of nitrogens with two attached hydrogens (primary N) is 1. The largest absolute Gasteiger partial charge is 0.382 e. The first-order chi connectivity index (χ1) is 8.75. The van der Waals surface area contributed by atoms with Crippen molar-refractivity contribution in [2.75, 3.05) is 0 Å². The third-order valence-electron chi connectivity index (χ3n) is 2.22. The van der Waals surface area contributed by atoms with Gasteiger partial charge >= 0.3 is 0 Å². The van der Waals surface area contributed by atoms with Crippen LogP contribution in [-0.4, -0.2) is 17.0 Å². The minimum atomic E-state index is 0.366. The van der Waals surface area contributed by atoms with Gasteiger partial charge < -0.3 is 5.73 Å². The summed E-state index contributed by atoms with van der Waals surface area (Å²) in [5.74, 6) is 0.366. The molecule has 0 aliphatic carbocycles. The Morgan fingerprint density at radius 3 is 2.44 bits per heavy atom. The van der Waals surface area contributed by atoms with Crippen molar-refractivity contribution in [3.05, 3.63) is 64.4 Å². The van der Waals surface area contributed by atoms with Gasteiger partial charge in [-0.2, -0.15) is 5.10 Å². The molecule has 0 aliphatic heterocycles. The topological polar surface area (TPSA) is 63.6 Å². The Morgan fingerprint density at radius 2 is 1.78 bits per heavy atom. The van der Waals surface area contributed by atoms with E-state index in [0.29, 0.717) is 5.84 Å². The standard InChI is InChI=1S/C13H11BrN4/c14-12-3-1-10(2-4-12)9-17-18-13(15)11-5-7-16-8-6-11/h1-9H,(H2,15,18)/b17-9+. The quantitative estimate of drug-likeness (QED) is 0.538. The van der Waals surface area contributed by atoms with Crippen LogP contribution in [0.1, 0.15) is 11.1 Å². The minimum absolute atomic E-state index is 0.366. The van der Waals surface area contributed by atoms with Crippen molar-refractivity contribution in [3.63, 3.8) is 0 Å². The molecule has 0 aliphatic rings. The molecule has 0 amide bonds. The number of nitrogens with zero attached hydrogens (tertiary/aromatic N) is 3. The summed E-state index contributed by atoms with van der Waals surface area (Å²) < 4.78 is 1.03. The lowest BCUT2D eigenvalue weighted by atomic mass is 10.2. The van der Waals surface area contributed by atoms with Crippen LogP contribution in [0.25, 0.3) is 0 Å². The zero-order valence-corrected chi connectivity index (χ0v) is 11.1. The fourth-order valence-corrected chi connectivity index (χ4v) is 1.55. The molecule has 0 radical (unpaired) electrons. The number of rotatable bonds is 3. The van der Waals surface area contributed by atoms with E-state index in [2.05, 4.69) is 31.1 Å². The van der Waals surface area contributed by atoms with E-state index in [9.17, 15) is 0 Å². The van der Waals surface area contributed by atoms with Crippen LogP contribution in [0.4, 0.5) is 0 Å². The number of hydrogen-bond donors (Lipinski definition) is 1. The maximum atomic E-state index is 5.78. The second-order valence-corrected chi connectivity index (χ2v) is 4.43. The van der Waals surface area contributed by atoms with Crippen molar-refractivity contribution in [1.82, 2.24) is 4.98 Å². The van der Waals surface area contributed by atoms with Gasteiger partial charge in [0.1, 0.15) is 0 Å². The van der Waals surface area contributed by atoms with E-state index < -0.39 is 0 Å². The number of aromatic nitrogens is 1. The third-order valence-corrected chi connectivity index (χ3v) is 2.75. The zero-order chi connectivity index (χ0) is 12.8. The fourth-order valence-electron chi connectivity index (χ4n) is 1.29. The lowest BCUT2D eigenvalue weighted by Crippen LogP contribution is -2.12. The highest BCUT2D eigenvalue weighted by Crippen LogP contribution is 2.09. The molecule has 0 saturated carbocycles. The van der Waals surface area contributed by atoms with Gasteiger partial charge in [0.05, 0.1) is 6.21 Å². The third kappa shape index (κ3) is 3.49. The van der Waals surface area contributed by atoms with Crippen LogP contribution in [0, 0.1) is 0 Å². The molecule has 0 atom stereocenters. The molecule has 18 heavy (non-hydrogen) atoms. The van der Waals surface area contributed by atoms with Crippen LogP contribution in [-0.2, 0) is 0 Å². The summed E-state index contributed by atoms with van der Waals surface area (Å²) in [5, 5.41) is 7.89. The lowest BCUT2D eigenvalue weighted by molar-refractivity contribution is 1.22. The van der Waals surface area contributed by atoms with Gasteiger partial charge in [-0.3, -0.25) is 4.98 Å². The van der Waals surface area contributed by atoms with Gasteiger partial charge in [-0.1, -0.05) is 28.1 Å². The Kier molecular flexibility index (Phi) is 4.20. The SMILES string of the molecule is N/C(=N\N=C\c1ccc(Br)cc1)c1ccncc1. The second-order valence-electron chi connectivity index (χ2n) is 3.52. The highest BCUT2D eigenvalue weighted by molar-refractivity contribution is 9.10. The van der Waals surface area contributed by atoms with Gasteiger partial charge in [-0.15, -0.1) is 5.10 Å². The van der Waals surface area contributed by atoms with Crippen molar-refractivity contribution in [2.24, 2.45) is 15.9 Å². The average molecular weight is 303 g/mol. The first-order valence-electron chi connectivity index (χ1n) is 5.28. The molecule has 0 spiro atoms. The molecular formula is C13H11BrN4. The number of amidine groups is 1. The van der Waals surface area contributed by atoms with Crippen LogP contribution in [0.2, 0.25) is 0 Å². The van der Waals surface area contributed by atoms with Crippen molar-refractivity contribution in [1.29, 1.82) is 0 Å². The Hall–Kier alpha value is -2.01. The summed E-state index contributed by atoms with van der Waals surface area (Å²) in [6.07, 6.45) is 4.98. The summed E-state index contributed by atoms with van der Waals surface area (Å²) in [6.45, 7) is 0. The molecule has 5 heteroatoms. The summed E-state index contributed by atoms with van der Waals surface area (Å²) in [4.78, 5) is 3.91. The molecule has 0 fully saturated rings. The number of halogens is 1. The molecule has 2 rings (SSSR count). The second kappa shape index (κ2) is 6.07. The van der Waals surface area contributed by atoms with Crippen LogP contribution < -0.4 is 5.73 Å². The molecule has 0 bridgehead atoms. The van der Waals surface area contributed by atoms with Crippen LogP contribution in [0.15, 0.2) is 63.5 Å². The minimum Gasteiger partial charge on any atom is -0.382 e. The molecule has 0 unspecified atom stereocenters. The van der Waals surface area contributed by atoms with Gasteiger partial charge in [0.15, 0.2) is 5.84 Å².